The summed E-state index contributed by atoms with van der Waals surface area (Å²) < 4.78 is 0. The van der Waals surface area contributed by atoms with Gasteiger partial charge in [-0.1, -0.05) is 57.5 Å². The van der Waals surface area contributed by atoms with E-state index in [1.165, 1.54) is 0 Å². The van der Waals surface area contributed by atoms with Crippen LogP contribution in [0, 0.1) is 10.8 Å². The molecule has 0 heterocycles. The number of carbonyl (C=O) groups excluding carboxylic acids is 1. The molecule has 1 atom stereocenters. The normalized spacial score (nSPS) is 15.6. The number of Topliss-reactive ketones (excluding diaryl/α,β-unsaturated/α-hetero) is 1. The third kappa shape index (κ3) is 5.45. The van der Waals surface area contributed by atoms with E-state index in [0.29, 0.717) is 5.78 Å². The summed E-state index contributed by atoms with van der Waals surface area (Å²) in [7, 11) is 0. The Hall–Kier alpha value is 0.150. The Bertz CT molecular complexity index is 183. The Morgan fingerprint density at radius 3 is 1.77 bits per heavy atom. The third-order valence-corrected chi connectivity index (χ3v) is 2.55. The van der Waals surface area contributed by atoms with Crippen molar-refractivity contribution in [1.82, 2.24) is 0 Å². The second-order valence-corrected chi connectivity index (χ2v) is 6.95. The van der Waals surface area contributed by atoms with Gasteiger partial charge in [-0.15, -0.1) is 0 Å². The molecular formula is C11H21BrO. The van der Waals surface area contributed by atoms with Crippen molar-refractivity contribution in [3.8, 4) is 0 Å². The van der Waals surface area contributed by atoms with Crippen molar-refractivity contribution in [3.05, 3.63) is 0 Å². The molecule has 0 aromatic heterocycles. The van der Waals surface area contributed by atoms with E-state index in [1.807, 2.05) is 20.8 Å². The second-order valence-electron chi connectivity index (χ2n) is 5.85. The monoisotopic (exact) mass is 248 g/mol. The number of carbonyl (C=O) groups is 1. The van der Waals surface area contributed by atoms with Gasteiger partial charge in [-0.05, 0) is 11.8 Å². The van der Waals surface area contributed by atoms with Crippen LogP contribution >= 0.6 is 15.9 Å². The molecule has 0 rings (SSSR count). The summed E-state index contributed by atoms with van der Waals surface area (Å²) >= 11 is 3.47. The lowest BCUT2D eigenvalue weighted by atomic mass is 9.83. The van der Waals surface area contributed by atoms with E-state index in [9.17, 15) is 4.79 Å². The molecule has 0 fully saturated rings. The summed E-state index contributed by atoms with van der Waals surface area (Å²) in [5, 5.41) is 0. The minimum atomic E-state index is -0.237. The van der Waals surface area contributed by atoms with Gasteiger partial charge in [-0.3, -0.25) is 4.79 Å². The Morgan fingerprint density at radius 1 is 1.15 bits per heavy atom. The molecule has 0 aromatic carbocycles. The van der Waals surface area contributed by atoms with Gasteiger partial charge >= 0.3 is 0 Å². The predicted molar refractivity (Wildman–Crippen MR) is 61.2 cm³/mol. The summed E-state index contributed by atoms with van der Waals surface area (Å²) in [6.07, 6.45) is 0.892. The first kappa shape index (κ1) is 13.2. The standard InChI is InChI=1S/C11H21BrO/c1-10(2,3)7-8(12)9(13)11(4,5)6/h8H,7H2,1-6H3. The SMILES string of the molecule is CC(C)(C)CC(Br)C(=O)C(C)(C)C. The predicted octanol–water partition coefficient (Wildman–Crippen LogP) is 3.80. The smallest absolute Gasteiger partial charge is 0.151 e. The van der Waals surface area contributed by atoms with Crippen LogP contribution in [0.25, 0.3) is 0 Å². The number of ketones is 1. The van der Waals surface area contributed by atoms with Gasteiger partial charge in [-0.25, -0.2) is 0 Å². The Balaban J connectivity index is 4.30. The van der Waals surface area contributed by atoms with Crippen LogP contribution in [0.3, 0.4) is 0 Å². The van der Waals surface area contributed by atoms with Crippen molar-refractivity contribution >= 4 is 21.7 Å². The first-order valence-electron chi connectivity index (χ1n) is 4.72. The fourth-order valence-electron chi connectivity index (χ4n) is 1.10. The maximum absolute atomic E-state index is 11.8. The molecule has 0 aliphatic carbocycles. The molecule has 0 N–H and O–H groups in total. The zero-order valence-electron chi connectivity index (χ0n) is 9.57. The minimum Gasteiger partial charge on any atom is -0.298 e. The van der Waals surface area contributed by atoms with Crippen molar-refractivity contribution in [3.63, 3.8) is 0 Å². The van der Waals surface area contributed by atoms with E-state index in [1.54, 1.807) is 0 Å². The molecule has 0 saturated heterocycles. The van der Waals surface area contributed by atoms with Crippen molar-refractivity contribution in [1.29, 1.82) is 0 Å². The van der Waals surface area contributed by atoms with Crippen molar-refractivity contribution in [2.24, 2.45) is 10.8 Å². The first-order chi connectivity index (χ1) is 5.54. The third-order valence-electron chi connectivity index (χ3n) is 1.82. The number of hydrogen-bond donors (Lipinski definition) is 0. The molecule has 0 aromatic rings. The number of rotatable bonds is 2. The summed E-state index contributed by atoms with van der Waals surface area (Å²) in [4.78, 5) is 11.8. The molecule has 0 bridgehead atoms. The first-order valence-corrected chi connectivity index (χ1v) is 5.64. The number of alkyl halides is 1. The maximum Gasteiger partial charge on any atom is 0.151 e. The Labute approximate surface area is 90.4 Å². The number of halogens is 1. The van der Waals surface area contributed by atoms with Crippen molar-refractivity contribution in [2.45, 2.75) is 52.8 Å². The van der Waals surface area contributed by atoms with E-state index in [0.717, 1.165) is 6.42 Å². The molecule has 1 nitrogen and oxygen atoms in total. The Morgan fingerprint density at radius 2 is 1.54 bits per heavy atom. The van der Waals surface area contributed by atoms with Gasteiger partial charge in [0.15, 0.2) is 5.78 Å². The van der Waals surface area contributed by atoms with Crippen LogP contribution in [0.15, 0.2) is 0 Å². The molecule has 1 unspecified atom stereocenters. The highest BCUT2D eigenvalue weighted by molar-refractivity contribution is 9.10. The fraction of sp³-hybridized carbons (Fsp3) is 0.909. The lowest BCUT2D eigenvalue weighted by molar-refractivity contribution is -0.126. The van der Waals surface area contributed by atoms with Gasteiger partial charge in [0.2, 0.25) is 0 Å². The molecule has 0 radical (unpaired) electrons. The summed E-state index contributed by atoms with van der Waals surface area (Å²) in [6.45, 7) is 12.3. The van der Waals surface area contributed by atoms with E-state index >= 15 is 0 Å². The summed E-state index contributed by atoms with van der Waals surface area (Å²) in [5.74, 6) is 0.294. The molecule has 78 valence electrons. The van der Waals surface area contributed by atoms with E-state index in [-0.39, 0.29) is 15.7 Å². The maximum atomic E-state index is 11.8. The van der Waals surface area contributed by atoms with Gasteiger partial charge in [-0.2, -0.15) is 0 Å². The van der Waals surface area contributed by atoms with Crippen LogP contribution in [0.1, 0.15) is 48.0 Å². The Kier molecular flexibility index (Phi) is 4.17. The minimum absolute atomic E-state index is 0.00694. The van der Waals surface area contributed by atoms with Gasteiger partial charge in [0.05, 0.1) is 4.83 Å². The zero-order valence-corrected chi connectivity index (χ0v) is 11.2. The van der Waals surface area contributed by atoms with E-state index in [2.05, 4.69) is 36.7 Å². The van der Waals surface area contributed by atoms with Gasteiger partial charge in [0.1, 0.15) is 0 Å². The molecule has 0 spiro atoms. The molecule has 0 amide bonds. The molecule has 0 saturated carbocycles. The summed E-state index contributed by atoms with van der Waals surface area (Å²) in [5.41, 5.74) is -0.0332. The molecule has 2 heteroatoms. The van der Waals surface area contributed by atoms with Gasteiger partial charge < -0.3 is 0 Å². The average molecular weight is 249 g/mol. The van der Waals surface area contributed by atoms with Crippen molar-refractivity contribution in [2.75, 3.05) is 0 Å². The average Bonchev–Trinajstić information content (AvgIpc) is 1.79. The molecule has 13 heavy (non-hydrogen) atoms. The van der Waals surface area contributed by atoms with Gasteiger partial charge in [0.25, 0.3) is 0 Å². The highest BCUT2D eigenvalue weighted by atomic mass is 79.9. The molecule has 0 aliphatic heterocycles. The zero-order chi connectivity index (χ0) is 10.9. The highest BCUT2D eigenvalue weighted by Crippen LogP contribution is 2.29. The largest absolute Gasteiger partial charge is 0.298 e. The quantitative estimate of drug-likeness (QED) is 0.680. The molecular weight excluding hydrogens is 228 g/mol. The van der Waals surface area contributed by atoms with Crippen LogP contribution in [0.5, 0.6) is 0 Å². The lowest BCUT2D eigenvalue weighted by Gasteiger charge is -2.26. The van der Waals surface area contributed by atoms with Crippen molar-refractivity contribution < 1.29 is 4.79 Å². The van der Waals surface area contributed by atoms with Crippen LogP contribution in [0.4, 0.5) is 0 Å². The summed E-state index contributed by atoms with van der Waals surface area (Å²) in [6, 6.07) is 0. The fourth-order valence-corrected chi connectivity index (χ4v) is 2.76. The van der Waals surface area contributed by atoms with Gasteiger partial charge in [0, 0.05) is 5.41 Å². The topological polar surface area (TPSA) is 17.1 Å². The lowest BCUT2D eigenvalue weighted by Crippen LogP contribution is -2.31. The number of hydrogen-bond acceptors (Lipinski definition) is 1. The van der Waals surface area contributed by atoms with Crippen LogP contribution in [-0.4, -0.2) is 10.6 Å². The van der Waals surface area contributed by atoms with E-state index < -0.39 is 0 Å². The highest BCUT2D eigenvalue weighted by Gasteiger charge is 2.30. The van der Waals surface area contributed by atoms with Crippen LogP contribution in [0.2, 0.25) is 0 Å². The molecule has 0 aliphatic rings. The second kappa shape index (κ2) is 4.12. The van der Waals surface area contributed by atoms with Crippen LogP contribution < -0.4 is 0 Å². The van der Waals surface area contributed by atoms with E-state index in [4.69, 9.17) is 0 Å². The van der Waals surface area contributed by atoms with Crippen LogP contribution in [-0.2, 0) is 4.79 Å².